The summed E-state index contributed by atoms with van der Waals surface area (Å²) in [5.74, 6) is -0.128. The molecule has 0 aliphatic heterocycles. The van der Waals surface area contributed by atoms with E-state index in [0.717, 1.165) is 5.56 Å². The molecule has 0 saturated heterocycles. The Bertz CT molecular complexity index is 418. The third-order valence-corrected chi connectivity index (χ3v) is 2.62. The molecule has 1 rings (SSSR count). The maximum absolute atomic E-state index is 11.9. The minimum atomic E-state index is -0.128. The van der Waals surface area contributed by atoms with Crippen LogP contribution in [0.4, 0.5) is 0 Å². The van der Waals surface area contributed by atoms with Gasteiger partial charge in [0.2, 0.25) is 0 Å². The van der Waals surface area contributed by atoms with Crippen LogP contribution in [0.15, 0.2) is 24.3 Å². The Hall–Kier alpha value is -1.46. The molecule has 98 valence electrons. The van der Waals surface area contributed by atoms with Crippen LogP contribution in [0.2, 0.25) is 0 Å². The van der Waals surface area contributed by atoms with Crippen molar-refractivity contribution in [1.82, 2.24) is 5.32 Å². The molecule has 0 radical (unpaired) electrons. The van der Waals surface area contributed by atoms with Crippen molar-refractivity contribution in [1.29, 1.82) is 0 Å². The van der Waals surface area contributed by atoms with Gasteiger partial charge in [0.05, 0.1) is 6.61 Å². The van der Waals surface area contributed by atoms with Gasteiger partial charge in [0.25, 0.3) is 5.91 Å². The minimum Gasteiger partial charge on any atom is -0.389 e. The summed E-state index contributed by atoms with van der Waals surface area (Å²) in [6.07, 6.45) is 0. The average molecular weight is 266 g/mol. The van der Waals surface area contributed by atoms with E-state index in [0.29, 0.717) is 23.8 Å². The van der Waals surface area contributed by atoms with Crippen molar-refractivity contribution in [3.8, 4) is 0 Å². The first kappa shape index (κ1) is 14.6. The third kappa shape index (κ3) is 4.43. The molecule has 0 aliphatic rings. The van der Waals surface area contributed by atoms with E-state index in [9.17, 15) is 4.79 Å². The number of benzene rings is 1. The lowest BCUT2D eigenvalue weighted by Gasteiger charge is -2.13. The number of ether oxygens (including phenoxy) is 1. The summed E-state index contributed by atoms with van der Waals surface area (Å²) in [6, 6.07) is 6.87. The predicted octanol–water partition coefficient (Wildman–Crippen LogP) is 1.48. The van der Waals surface area contributed by atoms with Gasteiger partial charge in [0.1, 0.15) is 4.99 Å². The normalized spacial score (nSPS) is 11.9. The summed E-state index contributed by atoms with van der Waals surface area (Å²) in [7, 11) is 0. The van der Waals surface area contributed by atoms with Gasteiger partial charge in [-0.3, -0.25) is 4.79 Å². The zero-order valence-corrected chi connectivity index (χ0v) is 11.4. The quantitative estimate of drug-likeness (QED) is 0.765. The molecule has 1 aromatic carbocycles. The molecule has 3 N–H and O–H groups in total. The van der Waals surface area contributed by atoms with Crippen LogP contribution in [-0.2, 0) is 4.74 Å². The van der Waals surface area contributed by atoms with Crippen molar-refractivity contribution in [3.63, 3.8) is 0 Å². The lowest BCUT2D eigenvalue weighted by Crippen LogP contribution is -2.35. The molecule has 0 aliphatic carbocycles. The van der Waals surface area contributed by atoms with Gasteiger partial charge < -0.3 is 15.8 Å². The second-order valence-electron chi connectivity index (χ2n) is 3.98. The molecule has 0 fully saturated rings. The number of rotatable bonds is 6. The lowest BCUT2D eigenvalue weighted by molar-refractivity contribution is 0.0872. The Labute approximate surface area is 113 Å². The average Bonchev–Trinajstić information content (AvgIpc) is 2.36. The molecule has 1 atom stereocenters. The Morgan fingerprint density at radius 2 is 1.94 bits per heavy atom. The molecular formula is C13H18N2O2S. The van der Waals surface area contributed by atoms with E-state index < -0.39 is 0 Å². The first-order valence-electron chi connectivity index (χ1n) is 5.83. The number of amides is 1. The fraction of sp³-hybridized carbons (Fsp3) is 0.385. The second kappa shape index (κ2) is 7.08. The van der Waals surface area contributed by atoms with Gasteiger partial charge in [0, 0.05) is 23.8 Å². The summed E-state index contributed by atoms with van der Waals surface area (Å²) in [5, 5.41) is 2.85. The molecule has 1 aromatic rings. The molecule has 1 amide bonds. The van der Waals surface area contributed by atoms with Crippen molar-refractivity contribution in [2.24, 2.45) is 5.73 Å². The SMILES string of the molecule is CCOCC(C)NC(=O)c1ccc(C(N)=S)cc1. The van der Waals surface area contributed by atoms with Crippen LogP contribution < -0.4 is 11.1 Å². The van der Waals surface area contributed by atoms with E-state index in [2.05, 4.69) is 5.32 Å². The van der Waals surface area contributed by atoms with Crippen LogP contribution in [0.3, 0.4) is 0 Å². The van der Waals surface area contributed by atoms with Gasteiger partial charge in [-0.2, -0.15) is 0 Å². The maximum atomic E-state index is 11.9. The van der Waals surface area contributed by atoms with E-state index >= 15 is 0 Å². The molecule has 0 bridgehead atoms. The van der Waals surface area contributed by atoms with Crippen molar-refractivity contribution >= 4 is 23.1 Å². The number of thiocarbonyl (C=S) groups is 1. The topological polar surface area (TPSA) is 64.3 Å². The van der Waals surface area contributed by atoms with Crippen LogP contribution in [0, 0.1) is 0 Å². The van der Waals surface area contributed by atoms with Gasteiger partial charge >= 0.3 is 0 Å². The molecule has 1 unspecified atom stereocenters. The van der Waals surface area contributed by atoms with Crippen molar-refractivity contribution < 1.29 is 9.53 Å². The lowest BCUT2D eigenvalue weighted by atomic mass is 10.1. The highest BCUT2D eigenvalue weighted by Gasteiger charge is 2.09. The molecular weight excluding hydrogens is 248 g/mol. The van der Waals surface area contributed by atoms with Crippen LogP contribution in [-0.4, -0.2) is 30.2 Å². The van der Waals surface area contributed by atoms with E-state index in [1.807, 2.05) is 13.8 Å². The predicted molar refractivity (Wildman–Crippen MR) is 75.8 cm³/mol. The highest BCUT2D eigenvalue weighted by molar-refractivity contribution is 7.80. The number of carbonyl (C=O) groups is 1. The molecule has 0 heterocycles. The number of nitrogens with one attached hydrogen (secondary N) is 1. The van der Waals surface area contributed by atoms with Gasteiger partial charge in [-0.25, -0.2) is 0 Å². The largest absolute Gasteiger partial charge is 0.389 e. The van der Waals surface area contributed by atoms with Gasteiger partial charge in [-0.1, -0.05) is 24.4 Å². The first-order valence-corrected chi connectivity index (χ1v) is 6.24. The van der Waals surface area contributed by atoms with Gasteiger partial charge in [-0.15, -0.1) is 0 Å². The van der Waals surface area contributed by atoms with E-state index in [1.54, 1.807) is 24.3 Å². The summed E-state index contributed by atoms with van der Waals surface area (Å²) in [6.45, 7) is 4.97. The summed E-state index contributed by atoms with van der Waals surface area (Å²) >= 11 is 4.85. The summed E-state index contributed by atoms with van der Waals surface area (Å²) in [4.78, 5) is 12.2. The molecule has 5 heteroatoms. The van der Waals surface area contributed by atoms with Gasteiger partial charge in [-0.05, 0) is 26.0 Å². The Balaban J connectivity index is 2.58. The molecule has 0 aromatic heterocycles. The van der Waals surface area contributed by atoms with E-state index in [-0.39, 0.29) is 11.9 Å². The zero-order chi connectivity index (χ0) is 13.5. The number of hydrogen-bond acceptors (Lipinski definition) is 3. The maximum Gasteiger partial charge on any atom is 0.251 e. The summed E-state index contributed by atoms with van der Waals surface area (Å²) < 4.78 is 5.23. The van der Waals surface area contributed by atoms with Crippen LogP contribution in [0.25, 0.3) is 0 Å². The Morgan fingerprint density at radius 3 is 2.44 bits per heavy atom. The molecule has 0 spiro atoms. The highest BCUT2D eigenvalue weighted by Crippen LogP contribution is 2.04. The smallest absolute Gasteiger partial charge is 0.251 e. The molecule has 18 heavy (non-hydrogen) atoms. The minimum absolute atomic E-state index is 0.0206. The Morgan fingerprint density at radius 1 is 1.39 bits per heavy atom. The van der Waals surface area contributed by atoms with E-state index in [4.69, 9.17) is 22.7 Å². The van der Waals surface area contributed by atoms with Crippen LogP contribution in [0.5, 0.6) is 0 Å². The first-order chi connectivity index (χ1) is 8.54. The van der Waals surface area contributed by atoms with Crippen molar-refractivity contribution in [2.75, 3.05) is 13.2 Å². The second-order valence-corrected chi connectivity index (χ2v) is 4.42. The molecule has 0 saturated carbocycles. The number of hydrogen-bond donors (Lipinski definition) is 2. The molecule has 4 nitrogen and oxygen atoms in total. The van der Waals surface area contributed by atoms with Crippen LogP contribution in [0.1, 0.15) is 29.8 Å². The highest BCUT2D eigenvalue weighted by atomic mass is 32.1. The number of carbonyl (C=O) groups excluding carboxylic acids is 1. The zero-order valence-electron chi connectivity index (χ0n) is 10.6. The van der Waals surface area contributed by atoms with Gasteiger partial charge in [0.15, 0.2) is 0 Å². The van der Waals surface area contributed by atoms with Crippen LogP contribution >= 0.6 is 12.2 Å². The Kier molecular flexibility index (Phi) is 5.74. The standard InChI is InChI=1S/C13H18N2O2S/c1-3-17-8-9(2)15-13(16)11-6-4-10(5-7-11)12(14)18/h4-7,9H,3,8H2,1-2H3,(H2,14,18)(H,15,16). The van der Waals surface area contributed by atoms with Crippen molar-refractivity contribution in [3.05, 3.63) is 35.4 Å². The van der Waals surface area contributed by atoms with Crippen molar-refractivity contribution in [2.45, 2.75) is 19.9 Å². The fourth-order valence-electron chi connectivity index (χ4n) is 1.43. The van der Waals surface area contributed by atoms with E-state index in [1.165, 1.54) is 0 Å². The summed E-state index contributed by atoms with van der Waals surface area (Å²) in [5.41, 5.74) is 6.83. The fourth-order valence-corrected chi connectivity index (χ4v) is 1.57. The number of nitrogens with two attached hydrogens (primary N) is 1. The monoisotopic (exact) mass is 266 g/mol. The third-order valence-electron chi connectivity index (χ3n) is 2.38.